The first-order valence-electron chi connectivity index (χ1n) is 7.26. The number of anilines is 1. The highest BCUT2D eigenvalue weighted by molar-refractivity contribution is 5.90. The quantitative estimate of drug-likeness (QED) is 0.904. The van der Waals surface area contributed by atoms with Crippen LogP contribution in [0.1, 0.15) is 33.1 Å². The summed E-state index contributed by atoms with van der Waals surface area (Å²) in [6, 6.07) is 8.76. The van der Waals surface area contributed by atoms with Crippen LogP contribution in [-0.2, 0) is 0 Å². The average Bonchev–Trinajstić information content (AvgIpc) is 2.80. The fourth-order valence-electron chi connectivity index (χ4n) is 3.35. The van der Waals surface area contributed by atoms with Crippen LogP contribution in [0.4, 0.5) is 5.69 Å². The van der Waals surface area contributed by atoms with E-state index in [0.29, 0.717) is 6.04 Å². The molecule has 3 atom stereocenters. The van der Waals surface area contributed by atoms with Gasteiger partial charge in [0.1, 0.15) is 0 Å². The van der Waals surface area contributed by atoms with E-state index in [4.69, 9.17) is 0 Å². The van der Waals surface area contributed by atoms with Gasteiger partial charge in [-0.3, -0.25) is 0 Å². The topological polar surface area (TPSA) is 37.8 Å². The van der Waals surface area contributed by atoms with Gasteiger partial charge in [-0.2, -0.15) is 10.2 Å². The van der Waals surface area contributed by atoms with Gasteiger partial charge in [-0.15, -0.1) is 0 Å². The molecule has 0 aliphatic heterocycles. The Kier molecular flexibility index (Phi) is 3.36. The minimum Gasteiger partial charge on any atom is -0.380 e. The number of hydrogen-bond acceptors (Lipinski definition) is 3. The van der Waals surface area contributed by atoms with Gasteiger partial charge in [-0.25, -0.2) is 0 Å². The molecule has 1 aliphatic carbocycles. The number of hydrogen-bond donors (Lipinski definition) is 1. The third kappa shape index (κ3) is 2.29. The van der Waals surface area contributed by atoms with Gasteiger partial charge >= 0.3 is 0 Å². The van der Waals surface area contributed by atoms with Crippen LogP contribution in [0.5, 0.6) is 0 Å². The normalized spacial score (nSPS) is 26.7. The van der Waals surface area contributed by atoms with Gasteiger partial charge in [0.05, 0.1) is 17.4 Å². The maximum absolute atomic E-state index is 4.18. The molecule has 1 N–H and O–H groups in total. The van der Waals surface area contributed by atoms with Crippen molar-refractivity contribution in [2.45, 2.75) is 39.2 Å². The lowest BCUT2D eigenvalue weighted by atomic mass is 9.93. The van der Waals surface area contributed by atoms with E-state index in [1.54, 1.807) is 0 Å². The first-order valence-corrected chi connectivity index (χ1v) is 7.26. The lowest BCUT2D eigenvalue weighted by molar-refractivity contribution is 0.392. The Labute approximate surface area is 114 Å². The first-order chi connectivity index (χ1) is 9.29. The highest BCUT2D eigenvalue weighted by Crippen LogP contribution is 2.36. The molecular formula is C16H21N3. The van der Waals surface area contributed by atoms with E-state index in [0.717, 1.165) is 23.0 Å². The standard InChI is InChI=1S/C16H21N3/c1-3-12-8-9-14(11(12)2)18-16-10-17-19-15-7-5-4-6-13(15)16/h4-7,10-12,14H,3,8-9H2,1-2H3,(H,18,19). The lowest BCUT2D eigenvalue weighted by Crippen LogP contribution is -2.24. The van der Waals surface area contributed by atoms with E-state index in [1.807, 2.05) is 18.3 Å². The monoisotopic (exact) mass is 255 g/mol. The van der Waals surface area contributed by atoms with Crippen molar-refractivity contribution in [2.24, 2.45) is 11.8 Å². The highest BCUT2D eigenvalue weighted by Gasteiger charge is 2.31. The summed E-state index contributed by atoms with van der Waals surface area (Å²) in [4.78, 5) is 0. The number of rotatable bonds is 3. The predicted molar refractivity (Wildman–Crippen MR) is 79.1 cm³/mol. The summed E-state index contributed by atoms with van der Waals surface area (Å²) >= 11 is 0. The second-order valence-electron chi connectivity index (χ2n) is 5.63. The van der Waals surface area contributed by atoms with Crippen LogP contribution >= 0.6 is 0 Å². The molecule has 1 fully saturated rings. The molecule has 1 aliphatic rings. The second-order valence-corrected chi connectivity index (χ2v) is 5.63. The lowest BCUT2D eigenvalue weighted by Gasteiger charge is -2.22. The van der Waals surface area contributed by atoms with Gasteiger partial charge in [-0.1, -0.05) is 38.5 Å². The molecule has 1 aromatic heterocycles. The summed E-state index contributed by atoms with van der Waals surface area (Å²) in [6.45, 7) is 4.67. The van der Waals surface area contributed by atoms with Gasteiger partial charge in [0, 0.05) is 11.4 Å². The third-order valence-electron chi connectivity index (χ3n) is 4.64. The van der Waals surface area contributed by atoms with E-state index in [9.17, 15) is 0 Å². The van der Waals surface area contributed by atoms with Crippen molar-refractivity contribution in [1.29, 1.82) is 0 Å². The van der Waals surface area contributed by atoms with Crippen LogP contribution in [0, 0.1) is 11.8 Å². The summed E-state index contributed by atoms with van der Waals surface area (Å²) in [7, 11) is 0. The Bertz CT molecular complexity index is 561. The molecule has 1 saturated carbocycles. The molecule has 100 valence electrons. The SMILES string of the molecule is CCC1CCC(Nc2cnnc3ccccc23)C1C. The fourth-order valence-corrected chi connectivity index (χ4v) is 3.35. The van der Waals surface area contributed by atoms with Crippen molar-refractivity contribution in [3.63, 3.8) is 0 Å². The summed E-state index contributed by atoms with van der Waals surface area (Å²) in [5.74, 6) is 1.59. The smallest absolute Gasteiger partial charge is 0.0950 e. The molecule has 0 spiro atoms. The molecule has 3 rings (SSSR count). The highest BCUT2D eigenvalue weighted by atomic mass is 15.1. The number of fused-ring (bicyclic) bond motifs is 1. The van der Waals surface area contributed by atoms with E-state index < -0.39 is 0 Å². The molecule has 0 saturated heterocycles. The van der Waals surface area contributed by atoms with E-state index in [1.165, 1.54) is 24.6 Å². The van der Waals surface area contributed by atoms with Crippen molar-refractivity contribution in [3.8, 4) is 0 Å². The molecular weight excluding hydrogens is 234 g/mol. The Morgan fingerprint density at radius 2 is 2.11 bits per heavy atom. The van der Waals surface area contributed by atoms with Crippen LogP contribution < -0.4 is 5.32 Å². The molecule has 3 heteroatoms. The average molecular weight is 255 g/mol. The Morgan fingerprint density at radius 1 is 1.26 bits per heavy atom. The number of benzene rings is 1. The molecule has 0 amide bonds. The summed E-state index contributed by atoms with van der Waals surface area (Å²) in [5, 5.41) is 13.1. The Balaban J connectivity index is 1.86. The minimum absolute atomic E-state index is 0.567. The molecule has 1 aromatic carbocycles. The van der Waals surface area contributed by atoms with Crippen LogP contribution in [0.25, 0.3) is 10.9 Å². The van der Waals surface area contributed by atoms with E-state index >= 15 is 0 Å². The van der Waals surface area contributed by atoms with Gasteiger partial charge in [0.2, 0.25) is 0 Å². The first kappa shape index (κ1) is 12.4. The zero-order valence-corrected chi connectivity index (χ0v) is 11.6. The predicted octanol–water partition coefficient (Wildman–Crippen LogP) is 3.87. The Morgan fingerprint density at radius 3 is 2.89 bits per heavy atom. The molecule has 1 heterocycles. The number of aromatic nitrogens is 2. The summed E-state index contributed by atoms with van der Waals surface area (Å²) in [5.41, 5.74) is 2.09. The minimum atomic E-state index is 0.567. The number of nitrogens with one attached hydrogen (secondary N) is 1. The van der Waals surface area contributed by atoms with Gasteiger partial charge in [0.25, 0.3) is 0 Å². The zero-order valence-electron chi connectivity index (χ0n) is 11.6. The molecule has 2 aromatic rings. The maximum atomic E-state index is 4.18. The van der Waals surface area contributed by atoms with Crippen molar-refractivity contribution in [1.82, 2.24) is 10.2 Å². The van der Waals surface area contributed by atoms with Crippen LogP contribution in [0.2, 0.25) is 0 Å². The number of nitrogens with zero attached hydrogens (tertiary/aromatic N) is 2. The largest absolute Gasteiger partial charge is 0.380 e. The van der Waals surface area contributed by atoms with Crippen LogP contribution in [0.3, 0.4) is 0 Å². The van der Waals surface area contributed by atoms with Crippen molar-refractivity contribution in [2.75, 3.05) is 5.32 Å². The van der Waals surface area contributed by atoms with Gasteiger partial charge in [0.15, 0.2) is 0 Å². The van der Waals surface area contributed by atoms with Crippen LogP contribution in [-0.4, -0.2) is 16.2 Å². The molecule has 19 heavy (non-hydrogen) atoms. The molecule has 0 radical (unpaired) electrons. The van der Waals surface area contributed by atoms with Gasteiger partial charge in [-0.05, 0) is 30.7 Å². The van der Waals surface area contributed by atoms with Crippen molar-refractivity contribution in [3.05, 3.63) is 30.5 Å². The van der Waals surface area contributed by atoms with Crippen molar-refractivity contribution < 1.29 is 0 Å². The van der Waals surface area contributed by atoms with Crippen LogP contribution in [0.15, 0.2) is 30.5 Å². The molecule has 0 bridgehead atoms. The molecule has 3 nitrogen and oxygen atoms in total. The van der Waals surface area contributed by atoms with E-state index in [-0.39, 0.29) is 0 Å². The third-order valence-corrected chi connectivity index (χ3v) is 4.64. The second kappa shape index (κ2) is 5.16. The summed E-state index contributed by atoms with van der Waals surface area (Å²) in [6.07, 6.45) is 5.74. The van der Waals surface area contributed by atoms with Crippen molar-refractivity contribution >= 4 is 16.6 Å². The zero-order chi connectivity index (χ0) is 13.2. The maximum Gasteiger partial charge on any atom is 0.0950 e. The Hall–Kier alpha value is -1.64. The summed E-state index contributed by atoms with van der Waals surface area (Å²) < 4.78 is 0. The fraction of sp³-hybridized carbons (Fsp3) is 0.500. The molecule has 3 unspecified atom stereocenters. The van der Waals surface area contributed by atoms with Gasteiger partial charge < -0.3 is 5.32 Å². The van der Waals surface area contributed by atoms with E-state index in [2.05, 4.69) is 41.5 Å².